The molecule has 0 atom stereocenters. The zero-order valence-corrected chi connectivity index (χ0v) is 15.9. The van der Waals surface area contributed by atoms with Gasteiger partial charge in [0.1, 0.15) is 5.01 Å². The summed E-state index contributed by atoms with van der Waals surface area (Å²) < 4.78 is 0. The molecular formula is C19H19N7OS. The molecule has 4 aromatic heterocycles. The van der Waals surface area contributed by atoms with E-state index in [-0.39, 0.29) is 12.3 Å². The maximum Gasteiger partial charge on any atom is 0.232 e. The van der Waals surface area contributed by atoms with Crippen LogP contribution in [0, 0.1) is 0 Å². The molecule has 0 saturated heterocycles. The van der Waals surface area contributed by atoms with Gasteiger partial charge in [-0.15, -0.1) is 15.3 Å². The molecule has 0 bridgehead atoms. The van der Waals surface area contributed by atoms with E-state index in [0.29, 0.717) is 5.13 Å². The smallest absolute Gasteiger partial charge is 0.232 e. The van der Waals surface area contributed by atoms with Gasteiger partial charge in [0.2, 0.25) is 11.0 Å². The van der Waals surface area contributed by atoms with Crippen LogP contribution in [0.3, 0.4) is 0 Å². The maximum atomic E-state index is 12.1. The number of aromatic amines is 1. The van der Waals surface area contributed by atoms with Crippen LogP contribution in [-0.4, -0.2) is 36.3 Å². The number of pyridine rings is 1. The van der Waals surface area contributed by atoms with Crippen LogP contribution in [0.2, 0.25) is 0 Å². The Balaban J connectivity index is 1.21. The summed E-state index contributed by atoms with van der Waals surface area (Å²) in [4.78, 5) is 19.2. The molecule has 9 heteroatoms. The highest BCUT2D eigenvalue weighted by molar-refractivity contribution is 7.15. The van der Waals surface area contributed by atoms with Crippen molar-refractivity contribution in [1.82, 2.24) is 30.4 Å². The molecule has 8 nitrogen and oxygen atoms in total. The van der Waals surface area contributed by atoms with Crippen molar-refractivity contribution >= 4 is 33.4 Å². The molecule has 2 N–H and O–H groups in total. The molecule has 4 aromatic rings. The lowest BCUT2D eigenvalue weighted by Crippen LogP contribution is -2.14. The molecule has 1 amide bonds. The Labute approximate surface area is 165 Å². The first-order chi connectivity index (χ1) is 13.8. The number of hydrogen-bond acceptors (Lipinski definition) is 7. The van der Waals surface area contributed by atoms with Gasteiger partial charge in [-0.1, -0.05) is 17.4 Å². The lowest BCUT2D eigenvalue weighted by atomic mass is 10.1. The number of aromatic nitrogens is 6. The van der Waals surface area contributed by atoms with Gasteiger partial charge in [0, 0.05) is 29.9 Å². The zero-order valence-electron chi connectivity index (χ0n) is 15.1. The number of amides is 1. The highest BCUT2D eigenvalue weighted by Crippen LogP contribution is 2.18. The molecule has 0 fully saturated rings. The summed E-state index contributed by atoms with van der Waals surface area (Å²) in [6.07, 6.45) is 7.43. The molecule has 4 heterocycles. The molecule has 0 unspecified atom stereocenters. The highest BCUT2D eigenvalue weighted by atomic mass is 32.1. The number of aryl methyl sites for hydroxylation is 2. The summed E-state index contributed by atoms with van der Waals surface area (Å²) in [5.41, 5.74) is 2.53. The number of hydrogen-bond donors (Lipinski definition) is 2. The van der Waals surface area contributed by atoms with Gasteiger partial charge in [0.25, 0.3) is 0 Å². The second kappa shape index (κ2) is 8.66. The summed E-state index contributed by atoms with van der Waals surface area (Å²) >= 11 is 1.41. The number of carbonyl (C=O) groups excluding carboxylic acids is 1. The van der Waals surface area contributed by atoms with E-state index in [2.05, 4.69) is 41.7 Å². The van der Waals surface area contributed by atoms with Crippen molar-refractivity contribution in [2.45, 2.75) is 32.1 Å². The Kier molecular flexibility index (Phi) is 5.62. The number of nitrogens with one attached hydrogen (secondary N) is 2. The third kappa shape index (κ3) is 4.74. The molecule has 0 aliphatic rings. The Hall–Kier alpha value is -3.20. The summed E-state index contributed by atoms with van der Waals surface area (Å²) in [5, 5.41) is 21.9. The van der Waals surface area contributed by atoms with Crippen LogP contribution >= 0.6 is 11.3 Å². The van der Waals surface area contributed by atoms with Crippen LogP contribution in [0.15, 0.2) is 42.7 Å². The van der Waals surface area contributed by atoms with Crippen molar-refractivity contribution in [3.8, 4) is 0 Å². The topological polar surface area (TPSA) is 109 Å². The Morgan fingerprint density at radius 1 is 1.04 bits per heavy atom. The molecule has 0 saturated carbocycles. The minimum Gasteiger partial charge on any atom is -0.345 e. The number of rotatable bonds is 8. The average molecular weight is 393 g/mol. The monoisotopic (exact) mass is 393 g/mol. The van der Waals surface area contributed by atoms with E-state index in [1.54, 1.807) is 6.20 Å². The van der Waals surface area contributed by atoms with Gasteiger partial charge in [-0.25, -0.2) is 0 Å². The third-order valence-corrected chi connectivity index (χ3v) is 5.11. The van der Waals surface area contributed by atoms with Crippen LogP contribution in [0.5, 0.6) is 0 Å². The SMILES string of the molecule is O=C(Cc1ccccn1)Nc1nnc(CCCCc2cc3cc[nH]c3nn2)s1. The van der Waals surface area contributed by atoms with Crippen molar-refractivity contribution in [3.63, 3.8) is 0 Å². The molecule has 0 radical (unpaired) electrons. The van der Waals surface area contributed by atoms with Crippen molar-refractivity contribution in [2.75, 3.05) is 5.32 Å². The molecular weight excluding hydrogens is 374 g/mol. The van der Waals surface area contributed by atoms with E-state index < -0.39 is 0 Å². The van der Waals surface area contributed by atoms with Crippen molar-refractivity contribution in [1.29, 1.82) is 0 Å². The third-order valence-electron chi connectivity index (χ3n) is 4.21. The first-order valence-corrected chi connectivity index (χ1v) is 9.90. The lowest BCUT2D eigenvalue weighted by Gasteiger charge is -2.00. The average Bonchev–Trinajstić information content (AvgIpc) is 3.35. The Morgan fingerprint density at radius 3 is 2.86 bits per heavy atom. The first kappa shape index (κ1) is 18.2. The molecule has 0 aliphatic carbocycles. The predicted molar refractivity (Wildman–Crippen MR) is 107 cm³/mol. The van der Waals surface area contributed by atoms with Crippen LogP contribution < -0.4 is 5.32 Å². The van der Waals surface area contributed by atoms with E-state index in [9.17, 15) is 4.79 Å². The normalized spacial score (nSPS) is 11.0. The fourth-order valence-electron chi connectivity index (χ4n) is 2.84. The fourth-order valence-corrected chi connectivity index (χ4v) is 3.64. The number of unbranched alkanes of at least 4 members (excludes halogenated alkanes) is 1. The van der Waals surface area contributed by atoms with Gasteiger partial charge >= 0.3 is 0 Å². The van der Waals surface area contributed by atoms with Crippen LogP contribution in [0.4, 0.5) is 5.13 Å². The number of fused-ring (bicyclic) bond motifs is 1. The van der Waals surface area contributed by atoms with Crippen molar-refractivity contribution < 1.29 is 4.79 Å². The standard InChI is InChI=1S/C19H19N7OS/c27-16(12-14-5-3-4-9-20-14)22-19-26-24-17(28-19)7-2-1-6-15-11-13-8-10-21-18(13)25-23-15/h3-5,8-11H,1-2,6-7,12H2,(H,21,25)(H,22,26,27). The molecule has 0 spiro atoms. The molecule has 142 valence electrons. The summed E-state index contributed by atoms with van der Waals surface area (Å²) in [5.74, 6) is -0.139. The number of nitrogens with zero attached hydrogens (tertiary/aromatic N) is 5. The molecule has 0 aliphatic heterocycles. The van der Waals surface area contributed by atoms with Crippen LogP contribution in [0.1, 0.15) is 29.2 Å². The second-order valence-corrected chi connectivity index (χ2v) is 7.43. The Morgan fingerprint density at radius 2 is 1.96 bits per heavy atom. The van der Waals surface area contributed by atoms with Crippen molar-refractivity contribution in [3.05, 3.63) is 59.1 Å². The van der Waals surface area contributed by atoms with E-state index in [1.807, 2.05) is 30.5 Å². The summed E-state index contributed by atoms with van der Waals surface area (Å²) in [7, 11) is 0. The summed E-state index contributed by atoms with van der Waals surface area (Å²) in [6.45, 7) is 0. The van der Waals surface area contributed by atoms with Crippen LogP contribution in [0.25, 0.3) is 11.0 Å². The zero-order chi connectivity index (χ0) is 19.2. The maximum absolute atomic E-state index is 12.1. The minimum atomic E-state index is -0.139. The number of carbonyl (C=O) groups is 1. The van der Waals surface area contributed by atoms with Gasteiger partial charge in [-0.05, 0) is 43.5 Å². The highest BCUT2D eigenvalue weighted by Gasteiger charge is 2.09. The Bertz CT molecular complexity index is 1060. The fraction of sp³-hybridized carbons (Fsp3) is 0.263. The van der Waals surface area contributed by atoms with Crippen LogP contribution in [-0.2, 0) is 24.1 Å². The van der Waals surface area contributed by atoms with E-state index in [4.69, 9.17) is 0 Å². The quantitative estimate of drug-likeness (QED) is 0.446. The molecule has 4 rings (SSSR count). The van der Waals surface area contributed by atoms with Gasteiger partial charge in [-0.2, -0.15) is 5.10 Å². The van der Waals surface area contributed by atoms with E-state index in [1.165, 1.54) is 11.3 Å². The van der Waals surface area contributed by atoms with E-state index >= 15 is 0 Å². The van der Waals surface area contributed by atoms with Gasteiger partial charge in [-0.3, -0.25) is 9.78 Å². The molecule has 28 heavy (non-hydrogen) atoms. The molecule has 0 aromatic carbocycles. The minimum absolute atomic E-state index is 0.139. The predicted octanol–water partition coefficient (Wildman–Crippen LogP) is 2.95. The number of anilines is 1. The number of H-pyrrole nitrogens is 1. The first-order valence-electron chi connectivity index (χ1n) is 9.08. The second-order valence-electron chi connectivity index (χ2n) is 6.37. The largest absolute Gasteiger partial charge is 0.345 e. The van der Waals surface area contributed by atoms with Gasteiger partial charge < -0.3 is 10.3 Å². The van der Waals surface area contributed by atoms with Gasteiger partial charge in [0.05, 0.1) is 12.1 Å². The van der Waals surface area contributed by atoms with Crippen molar-refractivity contribution in [2.24, 2.45) is 0 Å². The van der Waals surface area contributed by atoms with Gasteiger partial charge in [0.15, 0.2) is 5.65 Å². The lowest BCUT2D eigenvalue weighted by molar-refractivity contribution is -0.115. The van der Waals surface area contributed by atoms with E-state index in [0.717, 1.165) is 53.1 Å². The summed E-state index contributed by atoms with van der Waals surface area (Å²) in [6, 6.07) is 9.57.